The van der Waals surface area contributed by atoms with Gasteiger partial charge in [-0.05, 0) is 12.8 Å². The number of amides is 1. The van der Waals surface area contributed by atoms with E-state index in [-0.39, 0.29) is 12.8 Å². The Labute approximate surface area is 113 Å². The summed E-state index contributed by atoms with van der Waals surface area (Å²) < 4.78 is 30.6. The van der Waals surface area contributed by atoms with E-state index in [0.29, 0.717) is 6.42 Å². The Bertz CT molecular complexity index is 419. The van der Waals surface area contributed by atoms with Crippen LogP contribution in [0.15, 0.2) is 0 Å². The lowest BCUT2D eigenvalue weighted by molar-refractivity contribution is -0.146. The molecule has 0 aliphatic carbocycles. The van der Waals surface area contributed by atoms with Gasteiger partial charge in [0.15, 0.2) is 5.54 Å². The molecule has 0 aliphatic heterocycles. The van der Waals surface area contributed by atoms with Crippen molar-refractivity contribution in [1.29, 1.82) is 0 Å². The third-order valence-corrected chi connectivity index (χ3v) is 3.69. The highest BCUT2D eigenvalue weighted by Crippen LogP contribution is 2.14. The van der Waals surface area contributed by atoms with Gasteiger partial charge in [0.1, 0.15) is 5.75 Å². The molecule has 0 radical (unpaired) electrons. The summed E-state index contributed by atoms with van der Waals surface area (Å²) in [6.07, 6.45) is 2.34. The number of rotatable bonds is 9. The summed E-state index contributed by atoms with van der Waals surface area (Å²) in [6.45, 7) is 3.40. The fourth-order valence-electron chi connectivity index (χ4n) is 1.67. The summed E-state index contributed by atoms with van der Waals surface area (Å²) in [5.74, 6) is -3.04. The molecule has 1 atom stereocenters. The first kappa shape index (κ1) is 17.8. The van der Waals surface area contributed by atoms with Gasteiger partial charge in [0.05, 0.1) is 0 Å². The third-order valence-electron chi connectivity index (χ3n) is 2.83. The van der Waals surface area contributed by atoms with Crippen LogP contribution in [0.4, 0.5) is 0 Å². The molecule has 0 aromatic rings. The summed E-state index contributed by atoms with van der Waals surface area (Å²) in [4.78, 5) is 22.8. The number of aliphatic carboxylic acids is 1. The number of hydrogen-bond acceptors (Lipinski definition) is 4. The number of hydrogen-bond donors (Lipinski definition) is 3. The van der Waals surface area contributed by atoms with E-state index in [0.717, 1.165) is 12.8 Å². The lowest BCUT2D eigenvalue weighted by Crippen LogP contribution is -2.58. The molecule has 3 N–H and O–H groups in total. The van der Waals surface area contributed by atoms with Crippen molar-refractivity contribution in [3.05, 3.63) is 0 Å². The average Bonchev–Trinajstić information content (AvgIpc) is 2.26. The molecule has 0 aromatic heterocycles. The van der Waals surface area contributed by atoms with Gasteiger partial charge in [-0.25, -0.2) is 4.79 Å². The zero-order chi connectivity index (χ0) is 15.1. The van der Waals surface area contributed by atoms with Crippen LogP contribution in [-0.2, 0) is 19.7 Å². The van der Waals surface area contributed by atoms with Crippen molar-refractivity contribution in [3.8, 4) is 0 Å². The van der Waals surface area contributed by atoms with Crippen molar-refractivity contribution in [2.75, 3.05) is 5.75 Å². The zero-order valence-corrected chi connectivity index (χ0v) is 12.0. The quantitative estimate of drug-likeness (QED) is 0.427. The Morgan fingerprint density at radius 3 is 2.16 bits per heavy atom. The van der Waals surface area contributed by atoms with Crippen molar-refractivity contribution in [1.82, 2.24) is 5.32 Å². The summed E-state index contributed by atoms with van der Waals surface area (Å²) in [5.41, 5.74) is -1.98. The first-order valence-electron chi connectivity index (χ1n) is 6.16. The molecule has 0 bridgehead atoms. The maximum Gasteiger partial charge on any atom is 0.330 e. The number of carboxylic acid groups (broad SMARTS) is 1. The Balaban J connectivity index is 4.86. The Morgan fingerprint density at radius 1 is 1.21 bits per heavy atom. The second kappa shape index (κ2) is 7.44. The van der Waals surface area contributed by atoms with Crippen LogP contribution in [0.1, 0.15) is 46.0 Å². The van der Waals surface area contributed by atoms with Gasteiger partial charge >= 0.3 is 5.97 Å². The molecule has 0 spiro atoms. The molecule has 7 nitrogen and oxygen atoms in total. The number of nitrogens with one attached hydrogen (secondary N) is 1. The fraction of sp³-hybridized carbons (Fsp3) is 0.818. The molecule has 112 valence electrons. The average molecular weight is 295 g/mol. The molecule has 0 saturated carbocycles. The van der Waals surface area contributed by atoms with Gasteiger partial charge in [-0.2, -0.15) is 8.42 Å². The number of carbonyl (C=O) groups is 2. The lowest BCUT2D eigenvalue weighted by Gasteiger charge is -2.28. The van der Waals surface area contributed by atoms with E-state index in [4.69, 9.17) is 9.66 Å². The Kier molecular flexibility index (Phi) is 6.99. The van der Waals surface area contributed by atoms with E-state index in [1.165, 1.54) is 6.92 Å². The van der Waals surface area contributed by atoms with Crippen molar-refractivity contribution in [2.45, 2.75) is 51.5 Å². The molecule has 8 heteroatoms. The van der Waals surface area contributed by atoms with Crippen molar-refractivity contribution < 1.29 is 27.7 Å². The van der Waals surface area contributed by atoms with Crippen molar-refractivity contribution in [2.24, 2.45) is 0 Å². The van der Waals surface area contributed by atoms with Gasteiger partial charge in [0.2, 0.25) is 5.91 Å². The molecule has 1 amide bonds. The van der Waals surface area contributed by atoms with Crippen LogP contribution in [0.25, 0.3) is 0 Å². The number of carboxylic acids is 1. The van der Waals surface area contributed by atoms with Gasteiger partial charge in [0, 0.05) is 6.42 Å². The highest BCUT2D eigenvalue weighted by molar-refractivity contribution is 7.85. The van der Waals surface area contributed by atoms with Gasteiger partial charge in [-0.3, -0.25) is 9.35 Å². The fourth-order valence-corrected chi connectivity index (χ4v) is 2.69. The van der Waals surface area contributed by atoms with E-state index >= 15 is 0 Å². The highest BCUT2D eigenvalue weighted by atomic mass is 32.2. The van der Waals surface area contributed by atoms with Crippen molar-refractivity contribution >= 4 is 22.0 Å². The third kappa shape index (κ3) is 6.53. The minimum atomic E-state index is -4.51. The minimum Gasteiger partial charge on any atom is -0.479 e. The van der Waals surface area contributed by atoms with E-state index in [9.17, 15) is 18.0 Å². The summed E-state index contributed by atoms with van der Waals surface area (Å²) >= 11 is 0. The van der Waals surface area contributed by atoms with Gasteiger partial charge in [0.25, 0.3) is 10.1 Å². The molecule has 0 aliphatic rings. The molecule has 0 heterocycles. The highest BCUT2D eigenvalue weighted by Gasteiger charge is 2.42. The first-order valence-corrected chi connectivity index (χ1v) is 7.77. The molecule has 0 aromatic carbocycles. The van der Waals surface area contributed by atoms with Crippen LogP contribution in [0.3, 0.4) is 0 Å². The topological polar surface area (TPSA) is 121 Å². The van der Waals surface area contributed by atoms with Crippen LogP contribution in [0.5, 0.6) is 0 Å². The zero-order valence-electron chi connectivity index (χ0n) is 11.2. The van der Waals surface area contributed by atoms with Crippen LogP contribution in [-0.4, -0.2) is 41.2 Å². The standard InChI is InChI=1S/C11H21NO6S/c1-3-5-6-7-9(13)12-11(4-2,10(14)15)8-19(16,17)18/h3-8H2,1-2H3,(H,12,13)(H,14,15)(H,16,17,18). The maximum absolute atomic E-state index is 11.6. The number of carbonyl (C=O) groups excluding carboxylic acids is 1. The molecular formula is C11H21NO6S. The van der Waals surface area contributed by atoms with Gasteiger partial charge in [-0.15, -0.1) is 0 Å². The van der Waals surface area contributed by atoms with E-state index in [1.54, 1.807) is 0 Å². The predicted molar refractivity (Wildman–Crippen MR) is 69.4 cm³/mol. The van der Waals surface area contributed by atoms with Crippen LogP contribution in [0.2, 0.25) is 0 Å². The summed E-state index contributed by atoms with van der Waals surface area (Å²) in [6, 6.07) is 0. The molecule has 1 unspecified atom stereocenters. The SMILES string of the molecule is CCCCCC(=O)NC(CC)(CS(=O)(=O)O)C(=O)O. The smallest absolute Gasteiger partial charge is 0.330 e. The lowest BCUT2D eigenvalue weighted by atomic mass is 9.98. The van der Waals surface area contributed by atoms with Crippen LogP contribution in [0, 0.1) is 0 Å². The minimum absolute atomic E-state index is 0.133. The van der Waals surface area contributed by atoms with E-state index < -0.39 is 33.3 Å². The molecule has 0 fully saturated rings. The van der Waals surface area contributed by atoms with Crippen molar-refractivity contribution in [3.63, 3.8) is 0 Å². The second-order valence-corrected chi connectivity index (χ2v) is 5.92. The van der Waals surface area contributed by atoms with Gasteiger partial charge < -0.3 is 10.4 Å². The number of unbranched alkanes of at least 4 members (excludes halogenated alkanes) is 2. The monoisotopic (exact) mass is 295 g/mol. The second-order valence-electron chi connectivity index (χ2n) is 4.47. The molecule has 0 rings (SSSR count). The predicted octanol–water partition coefficient (Wildman–Crippen LogP) is 0.804. The molecular weight excluding hydrogens is 274 g/mol. The van der Waals surface area contributed by atoms with Gasteiger partial charge in [-0.1, -0.05) is 26.7 Å². The Morgan fingerprint density at radius 2 is 1.79 bits per heavy atom. The maximum atomic E-state index is 11.6. The summed E-state index contributed by atoms with van der Waals surface area (Å²) in [7, 11) is -4.51. The molecule has 19 heavy (non-hydrogen) atoms. The van der Waals surface area contributed by atoms with Crippen LogP contribution < -0.4 is 5.32 Å². The first-order chi connectivity index (χ1) is 8.67. The van der Waals surface area contributed by atoms with Crippen LogP contribution >= 0.6 is 0 Å². The summed E-state index contributed by atoms with van der Waals surface area (Å²) in [5, 5.41) is 11.3. The normalized spacial score (nSPS) is 14.7. The molecule has 0 saturated heterocycles. The Hall–Kier alpha value is -1.15. The van der Waals surface area contributed by atoms with E-state index in [1.807, 2.05) is 6.92 Å². The largest absolute Gasteiger partial charge is 0.479 e. The van der Waals surface area contributed by atoms with E-state index in [2.05, 4.69) is 5.32 Å².